The van der Waals surface area contributed by atoms with Crippen LogP contribution >= 0.6 is 11.6 Å². The molecule has 1 atom stereocenters. The van der Waals surface area contributed by atoms with Crippen LogP contribution in [0.25, 0.3) is 0 Å². The quantitative estimate of drug-likeness (QED) is 0.919. The maximum atomic E-state index is 6.36. The first-order valence-electron chi connectivity index (χ1n) is 7.25. The standard InChI is InChI=1S/C15H22ClN3O/c16-13-3-1-2-4-14(13)19-8-6-18(7-9-19)11-15(17)5-10-20-12-15/h1-4H,5-12,17H2. The average Bonchev–Trinajstić information content (AvgIpc) is 2.87. The Bertz CT molecular complexity index is 454. The normalized spacial score (nSPS) is 28.0. The molecule has 3 rings (SSSR count). The molecule has 2 heterocycles. The highest BCUT2D eigenvalue weighted by molar-refractivity contribution is 6.33. The minimum Gasteiger partial charge on any atom is -0.379 e. The summed E-state index contributed by atoms with van der Waals surface area (Å²) in [6, 6.07) is 8.06. The van der Waals surface area contributed by atoms with Crippen molar-refractivity contribution in [2.24, 2.45) is 5.73 Å². The van der Waals surface area contributed by atoms with Crippen molar-refractivity contribution in [1.29, 1.82) is 0 Å². The monoisotopic (exact) mass is 295 g/mol. The lowest BCUT2D eigenvalue weighted by molar-refractivity contribution is 0.149. The summed E-state index contributed by atoms with van der Waals surface area (Å²) in [5.74, 6) is 0. The fraction of sp³-hybridized carbons (Fsp3) is 0.600. The predicted octanol–water partition coefficient (Wildman–Crippen LogP) is 1.58. The Balaban J connectivity index is 1.56. The zero-order chi connectivity index (χ0) is 14.0. The van der Waals surface area contributed by atoms with Crippen molar-refractivity contribution in [1.82, 2.24) is 4.90 Å². The van der Waals surface area contributed by atoms with E-state index in [1.807, 2.05) is 18.2 Å². The van der Waals surface area contributed by atoms with Crippen molar-refractivity contribution in [3.8, 4) is 0 Å². The van der Waals surface area contributed by atoms with Gasteiger partial charge in [-0.1, -0.05) is 23.7 Å². The summed E-state index contributed by atoms with van der Waals surface area (Å²) in [5, 5.41) is 0.834. The number of benzene rings is 1. The van der Waals surface area contributed by atoms with Gasteiger partial charge in [-0.05, 0) is 18.6 Å². The van der Waals surface area contributed by atoms with Gasteiger partial charge in [-0.2, -0.15) is 0 Å². The summed E-state index contributed by atoms with van der Waals surface area (Å²) in [7, 11) is 0. The van der Waals surface area contributed by atoms with E-state index in [0.29, 0.717) is 6.61 Å². The van der Waals surface area contributed by atoms with E-state index in [2.05, 4.69) is 15.9 Å². The van der Waals surface area contributed by atoms with Gasteiger partial charge in [0.05, 0.1) is 22.9 Å². The molecule has 1 aromatic rings. The number of hydrogen-bond donors (Lipinski definition) is 1. The van der Waals surface area contributed by atoms with Crippen molar-refractivity contribution in [2.45, 2.75) is 12.0 Å². The second-order valence-corrected chi connectivity index (χ2v) is 6.29. The number of piperazine rings is 1. The van der Waals surface area contributed by atoms with Crippen molar-refractivity contribution >= 4 is 17.3 Å². The molecule has 0 spiro atoms. The van der Waals surface area contributed by atoms with Crippen molar-refractivity contribution in [3.05, 3.63) is 29.3 Å². The Morgan fingerprint density at radius 3 is 2.60 bits per heavy atom. The smallest absolute Gasteiger partial charge is 0.0659 e. The Kier molecular flexibility index (Phi) is 4.17. The molecule has 0 aliphatic carbocycles. The molecule has 0 radical (unpaired) electrons. The molecular formula is C15H22ClN3O. The van der Waals surface area contributed by atoms with Crippen LogP contribution in [-0.2, 0) is 4.74 Å². The van der Waals surface area contributed by atoms with Crippen LogP contribution in [-0.4, -0.2) is 56.4 Å². The molecule has 1 aromatic carbocycles. The van der Waals surface area contributed by atoms with Crippen LogP contribution in [0.5, 0.6) is 0 Å². The molecule has 2 fully saturated rings. The van der Waals surface area contributed by atoms with Crippen molar-refractivity contribution in [2.75, 3.05) is 50.8 Å². The molecule has 0 amide bonds. The lowest BCUT2D eigenvalue weighted by atomic mass is 9.99. The Hall–Kier alpha value is -0.810. The molecule has 2 aliphatic rings. The zero-order valence-electron chi connectivity index (χ0n) is 11.7. The SMILES string of the molecule is NC1(CN2CCN(c3ccccc3Cl)CC2)CCOC1. The second kappa shape index (κ2) is 5.90. The minimum atomic E-state index is -0.146. The van der Waals surface area contributed by atoms with Gasteiger partial charge in [0.25, 0.3) is 0 Å². The third kappa shape index (κ3) is 3.09. The maximum Gasteiger partial charge on any atom is 0.0659 e. The lowest BCUT2D eigenvalue weighted by Gasteiger charge is -2.39. The van der Waals surface area contributed by atoms with Crippen LogP contribution in [0.4, 0.5) is 5.69 Å². The Labute approximate surface area is 125 Å². The van der Waals surface area contributed by atoms with Gasteiger partial charge in [-0.3, -0.25) is 4.90 Å². The topological polar surface area (TPSA) is 41.7 Å². The Morgan fingerprint density at radius 1 is 1.20 bits per heavy atom. The van der Waals surface area contributed by atoms with Gasteiger partial charge in [-0.25, -0.2) is 0 Å². The van der Waals surface area contributed by atoms with Gasteiger partial charge in [0.15, 0.2) is 0 Å². The molecule has 20 heavy (non-hydrogen) atoms. The summed E-state index contributed by atoms with van der Waals surface area (Å²) in [4.78, 5) is 4.80. The highest BCUT2D eigenvalue weighted by atomic mass is 35.5. The van der Waals surface area contributed by atoms with Gasteiger partial charge in [0, 0.05) is 39.3 Å². The first-order chi connectivity index (χ1) is 9.66. The first-order valence-corrected chi connectivity index (χ1v) is 7.63. The molecule has 1 unspecified atom stereocenters. The van der Waals surface area contributed by atoms with E-state index >= 15 is 0 Å². The summed E-state index contributed by atoms with van der Waals surface area (Å²) < 4.78 is 5.43. The largest absolute Gasteiger partial charge is 0.379 e. The van der Waals surface area contributed by atoms with Gasteiger partial charge in [0.2, 0.25) is 0 Å². The van der Waals surface area contributed by atoms with Crippen molar-refractivity contribution in [3.63, 3.8) is 0 Å². The third-order valence-corrected chi connectivity index (χ3v) is 4.56. The maximum absolute atomic E-state index is 6.36. The van der Waals surface area contributed by atoms with Crippen LogP contribution in [0, 0.1) is 0 Å². The van der Waals surface area contributed by atoms with Gasteiger partial charge < -0.3 is 15.4 Å². The molecule has 0 saturated carbocycles. The number of para-hydroxylation sites is 1. The van der Waals surface area contributed by atoms with Gasteiger partial charge in [0.1, 0.15) is 0 Å². The van der Waals surface area contributed by atoms with E-state index in [0.717, 1.165) is 56.5 Å². The van der Waals surface area contributed by atoms with Crippen LogP contribution in [0.2, 0.25) is 5.02 Å². The van der Waals surface area contributed by atoms with Crippen LogP contribution in [0.15, 0.2) is 24.3 Å². The van der Waals surface area contributed by atoms with Gasteiger partial charge >= 0.3 is 0 Å². The van der Waals surface area contributed by atoms with Gasteiger partial charge in [-0.15, -0.1) is 0 Å². The third-order valence-electron chi connectivity index (χ3n) is 4.24. The van der Waals surface area contributed by atoms with E-state index in [-0.39, 0.29) is 5.54 Å². The zero-order valence-corrected chi connectivity index (χ0v) is 12.5. The summed E-state index contributed by atoms with van der Waals surface area (Å²) in [6.45, 7) is 6.49. The molecule has 2 saturated heterocycles. The average molecular weight is 296 g/mol. The second-order valence-electron chi connectivity index (χ2n) is 5.88. The molecular weight excluding hydrogens is 274 g/mol. The number of ether oxygens (including phenoxy) is 1. The molecule has 2 aliphatic heterocycles. The number of hydrogen-bond acceptors (Lipinski definition) is 4. The number of anilines is 1. The fourth-order valence-corrected chi connectivity index (χ4v) is 3.30. The number of rotatable bonds is 3. The van der Waals surface area contributed by atoms with E-state index in [1.54, 1.807) is 0 Å². The lowest BCUT2D eigenvalue weighted by Crippen LogP contribution is -2.55. The predicted molar refractivity (Wildman–Crippen MR) is 82.5 cm³/mol. The van der Waals surface area contributed by atoms with Crippen LogP contribution in [0.3, 0.4) is 0 Å². The van der Waals surface area contributed by atoms with Crippen LogP contribution < -0.4 is 10.6 Å². The highest BCUT2D eigenvalue weighted by Gasteiger charge is 2.33. The number of nitrogens with two attached hydrogens (primary N) is 1. The molecule has 0 bridgehead atoms. The van der Waals surface area contributed by atoms with E-state index in [9.17, 15) is 0 Å². The molecule has 4 nitrogen and oxygen atoms in total. The van der Waals surface area contributed by atoms with Crippen LogP contribution in [0.1, 0.15) is 6.42 Å². The molecule has 0 aromatic heterocycles. The number of nitrogens with zero attached hydrogens (tertiary/aromatic N) is 2. The summed E-state index contributed by atoms with van der Waals surface area (Å²) in [5.41, 5.74) is 7.35. The fourth-order valence-electron chi connectivity index (χ4n) is 3.05. The van der Waals surface area contributed by atoms with E-state index < -0.39 is 0 Å². The molecule has 110 valence electrons. The highest BCUT2D eigenvalue weighted by Crippen LogP contribution is 2.26. The molecule has 2 N–H and O–H groups in total. The minimum absolute atomic E-state index is 0.146. The Morgan fingerprint density at radius 2 is 1.95 bits per heavy atom. The van der Waals surface area contributed by atoms with E-state index in [4.69, 9.17) is 22.1 Å². The van der Waals surface area contributed by atoms with Crippen molar-refractivity contribution < 1.29 is 4.74 Å². The first kappa shape index (κ1) is 14.1. The summed E-state index contributed by atoms with van der Waals surface area (Å²) >= 11 is 6.26. The van der Waals surface area contributed by atoms with E-state index in [1.165, 1.54) is 0 Å². The summed E-state index contributed by atoms with van der Waals surface area (Å²) in [6.07, 6.45) is 0.970. The number of halogens is 1. The molecule has 5 heteroatoms.